The zero-order valence-corrected chi connectivity index (χ0v) is 10.6. The van der Waals surface area contributed by atoms with Crippen LogP contribution in [0.5, 0.6) is 5.75 Å². The van der Waals surface area contributed by atoms with Crippen LogP contribution in [0.2, 0.25) is 0 Å². The molecule has 0 bridgehead atoms. The first-order valence-electron chi connectivity index (χ1n) is 5.72. The number of methoxy groups -OCH3 is 1. The molecule has 3 nitrogen and oxygen atoms in total. The molecule has 0 aliphatic rings. The summed E-state index contributed by atoms with van der Waals surface area (Å²) in [7, 11) is 1.62. The molecular weight excluding hydrogens is 214 g/mol. The summed E-state index contributed by atoms with van der Waals surface area (Å²) in [5, 5.41) is 2.82. The summed E-state index contributed by atoms with van der Waals surface area (Å²) in [6.07, 6.45) is 3.29. The molecule has 1 amide bonds. The van der Waals surface area contributed by atoms with Crippen molar-refractivity contribution in [1.29, 1.82) is 0 Å². The number of hydrogen-bond donors (Lipinski definition) is 1. The summed E-state index contributed by atoms with van der Waals surface area (Å²) in [6, 6.07) is 7.58. The Morgan fingerprint density at radius 3 is 2.76 bits per heavy atom. The Morgan fingerprint density at radius 1 is 1.41 bits per heavy atom. The monoisotopic (exact) mass is 233 g/mol. The molecule has 1 N–H and O–H groups in total. The van der Waals surface area contributed by atoms with E-state index in [2.05, 4.69) is 19.2 Å². The van der Waals surface area contributed by atoms with Gasteiger partial charge < -0.3 is 10.1 Å². The van der Waals surface area contributed by atoms with Crippen molar-refractivity contribution < 1.29 is 9.53 Å². The van der Waals surface area contributed by atoms with Crippen LogP contribution in [0.4, 0.5) is 0 Å². The molecule has 0 saturated heterocycles. The molecule has 0 aliphatic carbocycles. The van der Waals surface area contributed by atoms with Gasteiger partial charge in [-0.15, -0.1) is 0 Å². The molecule has 92 valence electrons. The summed E-state index contributed by atoms with van der Waals surface area (Å²) < 4.78 is 5.19. The van der Waals surface area contributed by atoms with Crippen molar-refractivity contribution in [3.8, 4) is 5.75 Å². The highest BCUT2D eigenvalue weighted by Gasteiger charge is 2.00. The van der Waals surface area contributed by atoms with E-state index in [1.165, 1.54) is 6.08 Å². The minimum absolute atomic E-state index is 0.0791. The van der Waals surface area contributed by atoms with Crippen LogP contribution in [-0.4, -0.2) is 19.6 Å². The zero-order valence-electron chi connectivity index (χ0n) is 10.6. The number of hydrogen-bond acceptors (Lipinski definition) is 2. The molecule has 0 aromatic heterocycles. The standard InChI is InChI=1S/C14H19NO2/c1-11(2)10-15-14(16)9-8-12-6-4-5-7-13(12)17-3/h4-9,11H,10H2,1-3H3,(H,15,16)/b9-8+. The molecule has 0 radical (unpaired) electrons. The van der Waals surface area contributed by atoms with E-state index in [1.54, 1.807) is 13.2 Å². The largest absolute Gasteiger partial charge is 0.496 e. The van der Waals surface area contributed by atoms with Crippen LogP contribution in [0.1, 0.15) is 19.4 Å². The summed E-state index contributed by atoms with van der Waals surface area (Å²) in [6.45, 7) is 4.81. The van der Waals surface area contributed by atoms with E-state index in [4.69, 9.17) is 4.74 Å². The number of ether oxygens (including phenoxy) is 1. The Labute approximate surface area is 102 Å². The predicted octanol–water partition coefficient (Wildman–Crippen LogP) is 2.48. The summed E-state index contributed by atoms with van der Waals surface area (Å²) in [5.41, 5.74) is 0.898. The quantitative estimate of drug-likeness (QED) is 0.793. The minimum atomic E-state index is -0.0791. The Hall–Kier alpha value is -1.77. The van der Waals surface area contributed by atoms with Gasteiger partial charge >= 0.3 is 0 Å². The van der Waals surface area contributed by atoms with Crippen molar-refractivity contribution in [2.24, 2.45) is 5.92 Å². The second kappa shape index (κ2) is 6.74. The average molecular weight is 233 g/mol. The number of rotatable bonds is 5. The topological polar surface area (TPSA) is 38.3 Å². The van der Waals surface area contributed by atoms with Crippen molar-refractivity contribution in [3.05, 3.63) is 35.9 Å². The van der Waals surface area contributed by atoms with Crippen molar-refractivity contribution >= 4 is 12.0 Å². The zero-order chi connectivity index (χ0) is 12.7. The molecule has 1 aromatic carbocycles. The number of carbonyl (C=O) groups excluding carboxylic acids is 1. The smallest absolute Gasteiger partial charge is 0.244 e. The van der Waals surface area contributed by atoms with Crippen LogP contribution in [0.15, 0.2) is 30.3 Å². The lowest BCUT2D eigenvalue weighted by Gasteiger charge is -2.05. The highest BCUT2D eigenvalue weighted by Crippen LogP contribution is 2.18. The number of para-hydroxylation sites is 1. The van der Waals surface area contributed by atoms with Gasteiger partial charge in [0.1, 0.15) is 5.75 Å². The van der Waals surface area contributed by atoms with E-state index < -0.39 is 0 Å². The van der Waals surface area contributed by atoms with Gasteiger partial charge in [-0.2, -0.15) is 0 Å². The van der Waals surface area contributed by atoms with Crippen LogP contribution in [0.3, 0.4) is 0 Å². The normalized spacial score (nSPS) is 10.8. The highest BCUT2D eigenvalue weighted by atomic mass is 16.5. The highest BCUT2D eigenvalue weighted by molar-refractivity contribution is 5.92. The minimum Gasteiger partial charge on any atom is -0.496 e. The van der Waals surface area contributed by atoms with Crippen molar-refractivity contribution in [1.82, 2.24) is 5.32 Å². The molecule has 0 unspecified atom stereocenters. The van der Waals surface area contributed by atoms with Crippen LogP contribution >= 0.6 is 0 Å². The van der Waals surface area contributed by atoms with Gasteiger partial charge in [0.2, 0.25) is 5.91 Å². The van der Waals surface area contributed by atoms with Crippen LogP contribution in [0, 0.1) is 5.92 Å². The van der Waals surface area contributed by atoms with Gasteiger partial charge in [0.15, 0.2) is 0 Å². The van der Waals surface area contributed by atoms with Gasteiger partial charge in [0.05, 0.1) is 7.11 Å². The van der Waals surface area contributed by atoms with Gasteiger partial charge in [-0.05, 0) is 18.1 Å². The molecule has 0 spiro atoms. The summed E-state index contributed by atoms with van der Waals surface area (Å²) in [4.78, 5) is 11.5. The van der Waals surface area contributed by atoms with Gasteiger partial charge in [0, 0.05) is 18.2 Å². The lowest BCUT2D eigenvalue weighted by atomic mass is 10.2. The third kappa shape index (κ3) is 4.72. The summed E-state index contributed by atoms with van der Waals surface area (Å²) >= 11 is 0. The van der Waals surface area contributed by atoms with Crippen molar-refractivity contribution in [3.63, 3.8) is 0 Å². The maximum Gasteiger partial charge on any atom is 0.244 e. The van der Waals surface area contributed by atoms with Crippen LogP contribution in [-0.2, 0) is 4.79 Å². The number of benzene rings is 1. The molecule has 0 atom stereocenters. The molecular formula is C14H19NO2. The van der Waals surface area contributed by atoms with Crippen LogP contribution < -0.4 is 10.1 Å². The van der Waals surface area contributed by atoms with E-state index in [1.807, 2.05) is 24.3 Å². The molecule has 0 saturated carbocycles. The van der Waals surface area contributed by atoms with E-state index in [-0.39, 0.29) is 5.91 Å². The fourth-order valence-corrected chi connectivity index (χ4v) is 1.33. The maximum atomic E-state index is 11.5. The third-order valence-electron chi connectivity index (χ3n) is 2.24. The molecule has 3 heteroatoms. The third-order valence-corrected chi connectivity index (χ3v) is 2.24. The molecule has 1 aromatic rings. The SMILES string of the molecule is COc1ccccc1/C=C/C(=O)NCC(C)C. The first-order valence-corrected chi connectivity index (χ1v) is 5.72. The van der Waals surface area contributed by atoms with Crippen LogP contribution in [0.25, 0.3) is 6.08 Å². The number of amides is 1. The first-order chi connectivity index (χ1) is 8.13. The Bertz CT molecular complexity index is 397. The Kier molecular flexibility index (Phi) is 5.27. The van der Waals surface area contributed by atoms with E-state index in [0.717, 1.165) is 11.3 Å². The van der Waals surface area contributed by atoms with Gasteiger partial charge in [-0.25, -0.2) is 0 Å². The second-order valence-corrected chi connectivity index (χ2v) is 4.21. The Morgan fingerprint density at radius 2 is 2.12 bits per heavy atom. The molecule has 0 aliphatic heterocycles. The van der Waals surface area contributed by atoms with Gasteiger partial charge in [-0.3, -0.25) is 4.79 Å². The molecule has 17 heavy (non-hydrogen) atoms. The van der Waals surface area contributed by atoms with Gasteiger partial charge in [0.25, 0.3) is 0 Å². The lowest BCUT2D eigenvalue weighted by molar-refractivity contribution is -0.116. The van der Waals surface area contributed by atoms with E-state index in [9.17, 15) is 4.79 Å². The lowest BCUT2D eigenvalue weighted by Crippen LogP contribution is -2.25. The molecule has 1 rings (SSSR count). The van der Waals surface area contributed by atoms with Crippen molar-refractivity contribution in [2.75, 3.05) is 13.7 Å². The van der Waals surface area contributed by atoms with E-state index >= 15 is 0 Å². The number of nitrogens with one attached hydrogen (secondary N) is 1. The fourth-order valence-electron chi connectivity index (χ4n) is 1.33. The predicted molar refractivity (Wildman–Crippen MR) is 69.9 cm³/mol. The number of carbonyl (C=O) groups is 1. The maximum absolute atomic E-state index is 11.5. The summed E-state index contributed by atoms with van der Waals surface area (Å²) in [5.74, 6) is 1.14. The van der Waals surface area contributed by atoms with E-state index in [0.29, 0.717) is 12.5 Å². The Balaban J connectivity index is 2.60. The first kappa shape index (κ1) is 13.3. The molecule has 0 fully saturated rings. The second-order valence-electron chi connectivity index (χ2n) is 4.21. The average Bonchev–Trinajstić information content (AvgIpc) is 2.34. The molecule has 0 heterocycles. The fraction of sp³-hybridized carbons (Fsp3) is 0.357. The van der Waals surface area contributed by atoms with Crippen molar-refractivity contribution in [2.45, 2.75) is 13.8 Å². The van der Waals surface area contributed by atoms with Gasteiger partial charge in [-0.1, -0.05) is 32.0 Å².